The van der Waals surface area contributed by atoms with E-state index in [2.05, 4.69) is 28.4 Å². The van der Waals surface area contributed by atoms with Crippen molar-refractivity contribution in [3.05, 3.63) is 29.3 Å². The number of urea groups is 1. The van der Waals surface area contributed by atoms with E-state index in [1.165, 1.54) is 14.6 Å². The number of nitrogens with one attached hydrogen (secondary N) is 1. The Bertz CT molecular complexity index is 864. The van der Waals surface area contributed by atoms with E-state index in [0.29, 0.717) is 12.6 Å². The number of piperidine rings is 1. The number of aromatic nitrogens is 1. The number of para-hydroxylation sites is 1. The molecule has 0 bridgehead atoms. The summed E-state index contributed by atoms with van der Waals surface area (Å²) in [6.45, 7) is 2.20. The molecule has 28 heavy (non-hydrogen) atoms. The molecule has 1 aromatic carbocycles. The number of benzene rings is 1. The van der Waals surface area contributed by atoms with Crippen molar-refractivity contribution in [1.82, 2.24) is 20.1 Å². The number of hydrogen-bond acceptors (Lipinski definition) is 5. The van der Waals surface area contributed by atoms with Crippen molar-refractivity contribution in [2.45, 2.75) is 56.4 Å². The summed E-state index contributed by atoms with van der Waals surface area (Å²) >= 11 is 1.80. The average Bonchev–Trinajstić information content (AvgIpc) is 3.25. The van der Waals surface area contributed by atoms with E-state index in [9.17, 15) is 9.59 Å². The van der Waals surface area contributed by atoms with Crippen LogP contribution in [0.5, 0.6) is 0 Å². The third-order valence-corrected chi connectivity index (χ3v) is 7.74. The number of carbonyl (C=O) groups is 2. The number of hydrogen-bond donors (Lipinski definition) is 1. The van der Waals surface area contributed by atoms with Crippen LogP contribution in [0.3, 0.4) is 0 Å². The van der Waals surface area contributed by atoms with Gasteiger partial charge < -0.3 is 5.32 Å². The summed E-state index contributed by atoms with van der Waals surface area (Å²) in [7, 11) is 0. The molecule has 3 fully saturated rings. The number of fused-ring (bicyclic) bond motifs is 1. The lowest BCUT2D eigenvalue weighted by molar-refractivity contribution is -0.134. The summed E-state index contributed by atoms with van der Waals surface area (Å²) in [6.07, 6.45) is 6.82. The quantitative estimate of drug-likeness (QED) is 0.801. The number of carbonyl (C=O) groups excluding carboxylic acids is 2. The number of thiazole rings is 1. The van der Waals surface area contributed by atoms with Crippen LogP contribution < -0.4 is 5.32 Å². The van der Waals surface area contributed by atoms with Crippen molar-refractivity contribution in [3.8, 4) is 0 Å². The predicted octanol–water partition coefficient (Wildman–Crippen LogP) is 3.69. The lowest BCUT2D eigenvalue weighted by atomic mass is 9.82. The van der Waals surface area contributed by atoms with Gasteiger partial charge in [0.15, 0.2) is 0 Å². The van der Waals surface area contributed by atoms with Gasteiger partial charge in [-0.05, 0) is 37.8 Å². The maximum absolute atomic E-state index is 13.0. The minimum atomic E-state index is -0.616. The van der Waals surface area contributed by atoms with Gasteiger partial charge in [0.05, 0.1) is 21.9 Å². The molecule has 148 valence electrons. The molecule has 3 amide bonds. The van der Waals surface area contributed by atoms with Gasteiger partial charge in [0.25, 0.3) is 5.91 Å². The molecule has 1 spiro atoms. The van der Waals surface area contributed by atoms with Crippen molar-refractivity contribution in [3.63, 3.8) is 0 Å². The summed E-state index contributed by atoms with van der Waals surface area (Å²) in [5.74, 6) is 0.465. The lowest BCUT2D eigenvalue weighted by Crippen LogP contribution is -2.49. The Hall–Kier alpha value is -1.99. The van der Waals surface area contributed by atoms with Crippen LogP contribution in [0.4, 0.5) is 4.79 Å². The number of nitrogens with zero attached hydrogens (tertiary/aromatic N) is 3. The molecule has 0 unspecified atom stereocenters. The molecular weight excluding hydrogens is 372 g/mol. The Morgan fingerprint density at radius 1 is 1.11 bits per heavy atom. The smallest absolute Gasteiger partial charge is 0.323 e. The van der Waals surface area contributed by atoms with Gasteiger partial charge in [0, 0.05) is 19.0 Å². The number of amides is 3. The molecule has 2 saturated heterocycles. The molecule has 3 heterocycles. The Labute approximate surface area is 168 Å². The first-order valence-electron chi connectivity index (χ1n) is 10.4. The fourth-order valence-electron chi connectivity index (χ4n) is 4.88. The molecule has 2 aromatic rings. The number of imide groups is 1. The number of rotatable bonds is 3. The van der Waals surface area contributed by atoms with Gasteiger partial charge in [-0.1, -0.05) is 31.4 Å². The van der Waals surface area contributed by atoms with E-state index in [1.807, 2.05) is 6.07 Å². The maximum Gasteiger partial charge on any atom is 0.326 e. The zero-order valence-corrected chi connectivity index (χ0v) is 16.8. The highest BCUT2D eigenvalue weighted by Gasteiger charge is 2.51. The van der Waals surface area contributed by atoms with Gasteiger partial charge in [-0.2, -0.15) is 0 Å². The molecule has 3 aliphatic rings. The second kappa shape index (κ2) is 7.12. The molecule has 1 aromatic heterocycles. The first-order chi connectivity index (χ1) is 13.6. The summed E-state index contributed by atoms with van der Waals surface area (Å²) in [4.78, 5) is 33.9. The zero-order valence-electron chi connectivity index (χ0n) is 16.0. The van der Waals surface area contributed by atoms with Crippen LogP contribution in [0.2, 0.25) is 0 Å². The predicted molar refractivity (Wildman–Crippen MR) is 109 cm³/mol. The van der Waals surface area contributed by atoms with Crippen molar-refractivity contribution < 1.29 is 9.59 Å². The normalized spacial score (nSPS) is 23.6. The second-order valence-electron chi connectivity index (χ2n) is 8.36. The van der Waals surface area contributed by atoms with E-state index < -0.39 is 5.54 Å². The van der Waals surface area contributed by atoms with Crippen LogP contribution in [0, 0.1) is 0 Å². The molecule has 1 saturated carbocycles. The Morgan fingerprint density at radius 3 is 2.61 bits per heavy atom. The lowest BCUT2D eigenvalue weighted by Gasteiger charge is -2.34. The summed E-state index contributed by atoms with van der Waals surface area (Å²) in [5, 5.41) is 4.23. The highest BCUT2D eigenvalue weighted by atomic mass is 32.1. The molecule has 1 N–H and O–H groups in total. The van der Waals surface area contributed by atoms with Crippen LogP contribution in [0.1, 0.15) is 55.9 Å². The molecule has 1 aliphatic carbocycles. The first-order valence-corrected chi connectivity index (χ1v) is 11.2. The molecule has 0 radical (unpaired) electrons. The van der Waals surface area contributed by atoms with Crippen LogP contribution in [0.15, 0.2) is 24.3 Å². The SMILES string of the molecule is O=C1NC2(CCCCC2)C(=O)N1CN1CCC(c2nc3ccccc3s2)CC1. The Morgan fingerprint density at radius 2 is 1.86 bits per heavy atom. The first kappa shape index (κ1) is 18.1. The maximum atomic E-state index is 13.0. The molecule has 5 rings (SSSR count). The highest BCUT2D eigenvalue weighted by Crippen LogP contribution is 2.36. The zero-order chi connectivity index (χ0) is 19.1. The van der Waals surface area contributed by atoms with Gasteiger partial charge in [0.1, 0.15) is 5.54 Å². The average molecular weight is 399 g/mol. The fraction of sp³-hybridized carbons (Fsp3) is 0.571. The van der Waals surface area contributed by atoms with Gasteiger partial charge in [-0.25, -0.2) is 14.7 Å². The third-order valence-electron chi connectivity index (χ3n) is 6.54. The van der Waals surface area contributed by atoms with Crippen molar-refractivity contribution in [1.29, 1.82) is 0 Å². The minimum absolute atomic E-state index is 0.00880. The van der Waals surface area contributed by atoms with Crippen molar-refractivity contribution in [2.24, 2.45) is 0 Å². The van der Waals surface area contributed by atoms with E-state index in [0.717, 1.165) is 63.6 Å². The van der Waals surface area contributed by atoms with Gasteiger partial charge in [0.2, 0.25) is 0 Å². The largest absolute Gasteiger partial charge is 0.326 e. The molecule has 6 nitrogen and oxygen atoms in total. The molecular formula is C21H26N4O2S. The van der Waals surface area contributed by atoms with Crippen LogP contribution in [-0.2, 0) is 4.79 Å². The van der Waals surface area contributed by atoms with E-state index in [4.69, 9.17) is 4.98 Å². The third kappa shape index (κ3) is 3.10. The van der Waals surface area contributed by atoms with E-state index in [1.54, 1.807) is 11.3 Å². The Balaban J connectivity index is 1.21. The van der Waals surface area contributed by atoms with Crippen molar-refractivity contribution >= 4 is 33.5 Å². The topological polar surface area (TPSA) is 65.5 Å². The summed E-state index contributed by atoms with van der Waals surface area (Å²) < 4.78 is 1.25. The van der Waals surface area contributed by atoms with Crippen LogP contribution in [-0.4, -0.2) is 52.0 Å². The van der Waals surface area contributed by atoms with E-state index >= 15 is 0 Å². The molecule has 0 atom stereocenters. The fourth-order valence-corrected chi connectivity index (χ4v) is 6.02. The molecule has 2 aliphatic heterocycles. The monoisotopic (exact) mass is 398 g/mol. The van der Waals surface area contributed by atoms with E-state index in [-0.39, 0.29) is 11.9 Å². The second-order valence-corrected chi connectivity index (χ2v) is 9.42. The van der Waals surface area contributed by atoms with Gasteiger partial charge in [-0.3, -0.25) is 9.69 Å². The Kier molecular flexibility index (Phi) is 4.59. The number of likely N-dealkylation sites (tertiary alicyclic amines) is 1. The van der Waals surface area contributed by atoms with Gasteiger partial charge >= 0.3 is 6.03 Å². The minimum Gasteiger partial charge on any atom is -0.323 e. The molecule has 7 heteroatoms. The highest BCUT2D eigenvalue weighted by molar-refractivity contribution is 7.18. The van der Waals surface area contributed by atoms with Crippen molar-refractivity contribution in [2.75, 3.05) is 19.8 Å². The van der Waals surface area contributed by atoms with Crippen LogP contribution in [0.25, 0.3) is 10.2 Å². The summed E-state index contributed by atoms with van der Waals surface area (Å²) in [6, 6.07) is 8.09. The van der Waals surface area contributed by atoms with Gasteiger partial charge in [-0.15, -0.1) is 11.3 Å². The summed E-state index contributed by atoms with van der Waals surface area (Å²) in [5.41, 5.74) is 0.469. The standard InChI is InChI=1S/C21H26N4O2S/c26-19-21(10-4-1-5-11-21)23-20(27)25(19)14-24-12-8-15(9-13-24)18-22-16-6-2-3-7-17(16)28-18/h2-3,6-7,15H,1,4-5,8-14H2,(H,23,27). The van der Waals surface area contributed by atoms with Crippen LogP contribution >= 0.6 is 11.3 Å².